The number of amides is 2. The van der Waals surface area contributed by atoms with Crippen molar-refractivity contribution in [2.24, 2.45) is 0 Å². The minimum Gasteiger partial charge on any atom is -0.336 e. The van der Waals surface area contributed by atoms with Gasteiger partial charge in [0.05, 0.1) is 0 Å². The molecule has 1 unspecified atom stereocenters. The van der Waals surface area contributed by atoms with Gasteiger partial charge in [-0.3, -0.25) is 4.90 Å². The van der Waals surface area contributed by atoms with E-state index in [4.69, 9.17) is 0 Å². The van der Waals surface area contributed by atoms with Crippen LogP contribution in [0.15, 0.2) is 42.5 Å². The molecule has 0 bridgehead atoms. The predicted molar refractivity (Wildman–Crippen MR) is 93.6 cm³/mol. The Kier molecular flexibility index (Phi) is 4.81. The zero-order valence-corrected chi connectivity index (χ0v) is 14.0. The monoisotopic (exact) mass is 327 g/mol. The summed E-state index contributed by atoms with van der Waals surface area (Å²) in [5.74, 6) is -0.146. The van der Waals surface area contributed by atoms with Crippen LogP contribution in [0.3, 0.4) is 0 Å². The summed E-state index contributed by atoms with van der Waals surface area (Å²) in [5.41, 5.74) is 3.33. The molecule has 0 aliphatic carbocycles. The van der Waals surface area contributed by atoms with Crippen LogP contribution in [-0.2, 0) is 6.54 Å². The van der Waals surface area contributed by atoms with Crippen molar-refractivity contribution in [2.45, 2.75) is 26.4 Å². The van der Waals surface area contributed by atoms with E-state index >= 15 is 0 Å². The zero-order valence-electron chi connectivity index (χ0n) is 14.0. The molecule has 1 saturated heterocycles. The van der Waals surface area contributed by atoms with Crippen molar-refractivity contribution in [3.63, 3.8) is 0 Å². The van der Waals surface area contributed by atoms with Crippen molar-refractivity contribution in [1.29, 1.82) is 0 Å². The van der Waals surface area contributed by atoms with Crippen LogP contribution in [-0.4, -0.2) is 19.1 Å². The lowest BCUT2D eigenvalue weighted by molar-refractivity contribution is 0.252. The molecule has 2 aromatic rings. The molecule has 1 aliphatic rings. The number of nitrogens with zero attached hydrogens (tertiary/aromatic N) is 1. The van der Waals surface area contributed by atoms with Crippen LogP contribution in [0.2, 0.25) is 0 Å². The molecular weight excluding hydrogens is 305 g/mol. The van der Waals surface area contributed by atoms with Gasteiger partial charge in [0.1, 0.15) is 5.82 Å². The van der Waals surface area contributed by atoms with E-state index in [0.717, 1.165) is 11.3 Å². The second-order valence-electron chi connectivity index (χ2n) is 6.13. The first kappa shape index (κ1) is 16.5. The maximum absolute atomic E-state index is 14.0. The highest BCUT2D eigenvalue weighted by molar-refractivity contribution is 5.93. The van der Waals surface area contributed by atoms with Crippen LogP contribution in [0, 0.1) is 12.7 Å². The number of rotatable bonds is 5. The Labute approximate surface area is 141 Å². The second kappa shape index (κ2) is 7.01. The van der Waals surface area contributed by atoms with Crippen LogP contribution in [0.1, 0.15) is 29.7 Å². The summed E-state index contributed by atoms with van der Waals surface area (Å²) in [6, 6.07) is 13.4. The molecule has 4 nitrogen and oxygen atoms in total. The van der Waals surface area contributed by atoms with Gasteiger partial charge in [-0.25, -0.2) is 9.18 Å². The maximum Gasteiger partial charge on any atom is 0.321 e. The van der Waals surface area contributed by atoms with Gasteiger partial charge < -0.3 is 10.6 Å². The lowest BCUT2D eigenvalue weighted by Crippen LogP contribution is -2.27. The van der Waals surface area contributed by atoms with Crippen molar-refractivity contribution in [3.05, 3.63) is 65.0 Å². The fourth-order valence-corrected chi connectivity index (χ4v) is 2.89. The lowest BCUT2D eigenvalue weighted by Gasteiger charge is -2.18. The molecule has 3 rings (SSSR count). The molecule has 0 saturated carbocycles. The average Bonchev–Trinajstić information content (AvgIpc) is 3.02. The quantitative estimate of drug-likeness (QED) is 0.882. The highest BCUT2D eigenvalue weighted by Gasteiger charge is 2.21. The van der Waals surface area contributed by atoms with Gasteiger partial charge in [-0.05, 0) is 37.1 Å². The van der Waals surface area contributed by atoms with E-state index in [0.29, 0.717) is 30.8 Å². The predicted octanol–water partition coefficient (Wildman–Crippen LogP) is 3.51. The maximum atomic E-state index is 14.0. The summed E-state index contributed by atoms with van der Waals surface area (Å²) in [7, 11) is 0. The Balaban J connectivity index is 1.64. The molecule has 0 spiro atoms. The van der Waals surface area contributed by atoms with E-state index in [1.54, 1.807) is 24.0 Å². The summed E-state index contributed by atoms with van der Waals surface area (Å²) < 4.78 is 14.0. The largest absolute Gasteiger partial charge is 0.336 e. The Bertz CT molecular complexity index is 730. The summed E-state index contributed by atoms with van der Waals surface area (Å²) in [5, 5.41) is 6.14. The number of carbonyl (C=O) groups is 1. The SMILES string of the molecule is Cc1cccc(CNC(C)c2ccc(N3CCNC3=O)cc2)c1F. The first-order valence-corrected chi connectivity index (χ1v) is 8.19. The molecule has 0 radical (unpaired) electrons. The van der Waals surface area contributed by atoms with Crippen LogP contribution >= 0.6 is 0 Å². The van der Waals surface area contributed by atoms with Gasteiger partial charge in [0.15, 0.2) is 0 Å². The number of urea groups is 1. The number of halogens is 1. The van der Waals surface area contributed by atoms with Gasteiger partial charge in [0, 0.05) is 36.9 Å². The van der Waals surface area contributed by atoms with E-state index in [-0.39, 0.29) is 17.9 Å². The minimum atomic E-state index is -0.146. The molecule has 2 amide bonds. The highest BCUT2D eigenvalue weighted by atomic mass is 19.1. The normalized spacial score (nSPS) is 15.5. The van der Waals surface area contributed by atoms with E-state index in [2.05, 4.69) is 10.6 Å². The summed E-state index contributed by atoms with van der Waals surface area (Å²) >= 11 is 0. The highest BCUT2D eigenvalue weighted by Crippen LogP contribution is 2.21. The molecule has 1 heterocycles. The Morgan fingerprint density at radius 3 is 2.67 bits per heavy atom. The number of carbonyl (C=O) groups excluding carboxylic acids is 1. The van der Waals surface area contributed by atoms with Crippen LogP contribution in [0.4, 0.5) is 14.9 Å². The van der Waals surface area contributed by atoms with Crippen molar-refractivity contribution in [3.8, 4) is 0 Å². The van der Waals surface area contributed by atoms with Gasteiger partial charge in [-0.2, -0.15) is 0 Å². The smallest absolute Gasteiger partial charge is 0.321 e. The van der Waals surface area contributed by atoms with Crippen molar-refractivity contribution < 1.29 is 9.18 Å². The van der Waals surface area contributed by atoms with E-state index in [1.165, 1.54) is 0 Å². The molecule has 1 aliphatic heterocycles. The van der Waals surface area contributed by atoms with Crippen molar-refractivity contribution >= 4 is 11.7 Å². The van der Waals surface area contributed by atoms with Crippen LogP contribution in [0.25, 0.3) is 0 Å². The summed E-state index contributed by atoms with van der Waals surface area (Å²) in [6.45, 7) is 5.67. The fourth-order valence-electron chi connectivity index (χ4n) is 2.89. The van der Waals surface area contributed by atoms with Gasteiger partial charge in [-0.1, -0.05) is 30.3 Å². The lowest BCUT2D eigenvalue weighted by atomic mass is 10.1. The number of hydrogen-bond acceptors (Lipinski definition) is 2. The first-order valence-electron chi connectivity index (χ1n) is 8.19. The van der Waals surface area contributed by atoms with Gasteiger partial charge >= 0.3 is 6.03 Å². The molecule has 1 fully saturated rings. The molecule has 2 aromatic carbocycles. The molecular formula is C19H22FN3O. The molecule has 0 aromatic heterocycles. The van der Waals surface area contributed by atoms with E-state index in [1.807, 2.05) is 37.3 Å². The van der Waals surface area contributed by atoms with Crippen molar-refractivity contribution in [1.82, 2.24) is 10.6 Å². The minimum absolute atomic E-state index is 0.0520. The third-order valence-corrected chi connectivity index (χ3v) is 4.43. The topological polar surface area (TPSA) is 44.4 Å². The van der Waals surface area contributed by atoms with Gasteiger partial charge in [0.2, 0.25) is 0 Å². The summed E-state index contributed by atoms with van der Waals surface area (Å²) in [6.07, 6.45) is 0. The molecule has 5 heteroatoms. The summed E-state index contributed by atoms with van der Waals surface area (Å²) in [4.78, 5) is 13.4. The fraction of sp³-hybridized carbons (Fsp3) is 0.316. The average molecular weight is 327 g/mol. The van der Waals surface area contributed by atoms with Gasteiger partial charge in [0.25, 0.3) is 0 Å². The van der Waals surface area contributed by atoms with Gasteiger partial charge in [-0.15, -0.1) is 0 Å². The standard InChI is InChI=1S/C19H22FN3O/c1-13-4-3-5-16(18(13)20)12-22-14(2)15-6-8-17(9-7-15)23-11-10-21-19(23)24/h3-9,14,22H,10-12H2,1-2H3,(H,21,24). The Morgan fingerprint density at radius 2 is 2.00 bits per heavy atom. The third kappa shape index (κ3) is 3.41. The number of hydrogen-bond donors (Lipinski definition) is 2. The van der Waals surface area contributed by atoms with Crippen LogP contribution in [0.5, 0.6) is 0 Å². The van der Waals surface area contributed by atoms with Crippen molar-refractivity contribution in [2.75, 3.05) is 18.0 Å². The second-order valence-corrected chi connectivity index (χ2v) is 6.13. The zero-order chi connectivity index (χ0) is 17.1. The van der Waals surface area contributed by atoms with Crippen LogP contribution < -0.4 is 15.5 Å². The number of benzene rings is 2. The molecule has 1 atom stereocenters. The van der Waals surface area contributed by atoms with E-state index in [9.17, 15) is 9.18 Å². The number of nitrogens with one attached hydrogen (secondary N) is 2. The third-order valence-electron chi connectivity index (χ3n) is 4.43. The Hall–Kier alpha value is -2.40. The number of anilines is 1. The Morgan fingerprint density at radius 1 is 1.25 bits per heavy atom. The first-order chi connectivity index (χ1) is 11.6. The molecule has 126 valence electrons. The molecule has 2 N–H and O–H groups in total. The number of aryl methyl sites for hydroxylation is 1. The molecule has 24 heavy (non-hydrogen) atoms. The van der Waals surface area contributed by atoms with E-state index < -0.39 is 0 Å².